The average Bonchev–Trinajstić information content (AvgIpc) is 2.93. The lowest BCUT2D eigenvalue weighted by Gasteiger charge is -2.14. The molecule has 2 heterocycles. The third kappa shape index (κ3) is 3.70. The second-order valence-electron chi connectivity index (χ2n) is 5.83. The molecule has 3 aromatic rings. The lowest BCUT2D eigenvalue weighted by atomic mass is 10.1. The molecule has 0 aliphatic rings. The summed E-state index contributed by atoms with van der Waals surface area (Å²) in [4.78, 5) is 29.9. The van der Waals surface area contributed by atoms with Crippen molar-refractivity contribution in [3.8, 4) is 11.3 Å². The summed E-state index contributed by atoms with van der Waals surface area (Å²) in [7, 11) is 0. The number of carbonyl (C=O) groups excluding carboxylic acids is 1. The van der Waals surface area contributed by atoms with Crippen LogP contribution in [0.4, 0.5) is 9.52 Å². The lowest BCUT2D eigenvalue weighted by molar-refractivity contribution is -0.119. The molecule has 1 amide bonds. The molecular formula is C18H17FN4O2S. The van der Waals surface area contributed by atoms with E-state index >= 15 is 0 Å². The van der Waals surface area contributed by atoms with Crippen LogP contribution in [-0.2, 0) is 4.79 Å². The molecule has 26 heavy (non-hydrogen) atoms. The van der Waals surface area contributed by atoms with Crippen LogP contribution in [0.5, 0.6) is 0 Å². The summed E-state index contributed by atoms with van der Waals surface area (Å²) < 4.78 is 14.2. The molecule has 8 heteroatoms. The van der Waals surface area contributed by atoms with E-state index in [1.807, 2.05) is 13.8 Å². The van der Waals surface area contributed by atoms with E-state index in [-0.39, 0.29) is 11.7 Å². The van der Waals surface area contributed by atoms with E-state index in [1.54, 1.807) is 25.1 Å². The van der Waals surface area contributed by atoms with Crippen molar-refractivity contribution in [2.75, 3.05) is 5.32 Å². The van der Waals surface area contributed by atoms with Crippen molar-refractivity contribution in [2.24, 2.45) is 0 Å². The van der Waals surface area contributed by atoms with Crippen molar-refractivity contribution < 1.29 is 9.18 Å². The Morgan fingerprint density at radius 2 is 1.88 bits per heavy atom. The molecule has 1 unspecified atom stereocenters. The van der Waals surface area contributed by atoms with Crippen LogP contribution in [0, 0.1) is 19.7 Å². The second kappa shape index (κ2) is 7.17. The van der Waals surface area contributed by atoms with Gasteiger partial charge in [-0.2, -0.15) is 5.10 Å². The highest BCUT2D eigenvalue weighted by atomic mass is 32.1. The summed E-state index contributed by atoms with van der Waals surface area (Å²) in [6.45, 7) is 5.37. The fraction of sp³-hybridized carbons (Fsp3) is 0.222. The van der Waals surface area contributed by atoms with Crippen LogP contribution in [0.3, 0.4) is 0 Å². The summed E-state index contributed by atoms with van der Waals surface area (Å²) >= 11 is 1.37. The van der Waals surface area contributed by atoms with E-state index in [4.69, 9.17) is 0 Å². The van der Waals surface area contributed by atoms with Crippen LogP contribution in [0.25, 0.3) is 11.3 Å². The number of aromatic nitrogens is 3. The van der Waals surface area contributed by atoms with Crippen LogP contribution >= 0.6 is 11.3 Å². The van der Waals surface area contributed by atoms with Gasteiger partial charge in [0.1, 0.15) is 11.9 Å². The van der Waals surface area contributed by atoms with Crippen LogP contribution in [-0.4, -0.2) is 20.7 Å². The van der Waals surface area contributed by atoms with E-state index in [0.29, 0.717) is 16.4 Å². The molecule has 0 radical (unpaired) electrons. The van der Waals surface area contributed by atoms with Gasteiger partial charge in [-0.3, -0.25) is 9.59 Å². The summed E-state index contributed by atoms with van der Waals surface area (Å²) in [5, 5.41) is 7.46. The number of halogens is 1. The number of rotatable bonds is 4. The number of amides is 1. The molecule has 0 spiro atoms. The quantitative estimate of drug-likeness (QED) is 0.762. The Kier molecular flexibility index (Phi) is 4.94. The first-order valence-electron chi connectivity index (χ1n) is 7.96. The molecule has 0 aliphatic carbocycles. The van der Waals surface area contributed by atoms with Gasteiger partial charge >= 0.3 is 0 Å². The molecule has 1 aromatic carbocycles. The second-order valence-corrected chi connectivity index (χ2v) is 7.04. The van der Waals surface area contributed by atoms with E-state index in [1.165, 1.54) is 29.5 Å². The highest BCUT2D eigenvalue weighted by Gasteiger charge is 2.19. The minimum Gasteiger partial charge on any atom is -0.300 e. The van der Waals surface area contributed by atoms with Gasteiger partial charge in [0, 0.05) is 16.5 Å². The topological polar surface area (TPSA) is 76.9 Å². The third-order valence-corrected chi connectivity index (χ3v) is 4.96. The maximum Gasteiger partial charge on any atom is 0.267 e. The molecule has 0 saturated heterocycles. The number of hydrogen-bond donors (Lipinski definition) is 1. The number of carbonyl (C=O) groups is 1. The van der Waals surface area contributed by atoms with Gasteiger partial charge in [-0.05, 0) is 51.1 Å². The molecule has 0 aliphatic heterocycles. The molecule has 0 bridgehead atoms. The Bertz CT molecular complexity index is 991. The molecule has 3 rings (SSSR count). The molecule has 1 N–H and O–H groups in total. The van der Waals surface area contributed by atoms with E-state index < -0.39 is 11.6 Å². The predicted molar refractivity (Wildman–Crippen MR) is 98.8 cm³/mol. The number of nitrogens with one attached hydrogen (secondary N) is 1. The normalized spacial score (nSPS) is 12.0. The van der Waals surface area contributed by atoms with Gasteiger partial charge in [-0.15, -0.1) is 11.3 Å². The summed E-state index contributed by atoms with van der Waals surface area (Å²) in [5.41, 5.74) is 1.58. The Morgan fingerprint density at radius 3 is 2.50 bits per heavy atom. The Hall–Kier alpha value is -2.87. The molecule has 1 atom stereocenters. The van der Waals surface area contributed by atoms with Crippen molar-refractivity contribution in [1.29, 1.82) is 0 Å². The Balaban J connectivity index is 1.87. The highest BCUT2D eigenvalue weighted by Crippen LogP contribution is 2.22. The van der Waals surface area contributed by atoms with Crippen molar-refractivity contribution in [3.63, 3.8) is 0 Å². The number of hydrogen-bond acceptors (Lipinski definition) is 5. The van der Waals surface area contributed by atoms with Gasteiger partial charge in [0.05, 0.1) is 11.4 Å². The smallest absolute Gasteiger partial charge is 0.267 e. The maximum absolute atomic E-state index is 13.1. The maximum atomic E-state index is 13.1. The molecular weight excluding hydrogens is 355 g/mol. The fourth-order valence-electron chi connectivity index (χ4n) is 2.32. The highest BCUT2D eigenvalue weighted by molar-refractivity contribution is 7.15. The summed E-state index contributed by atoms with van der Waals surface area (Å²) in [6.07, 6.45) is 0. The van der Waals surface area contributed by atoms with Gasteiger partial charge < -0.3 is 5.32 Å². The molecule has 2 aromatic heterocycles. The minimum atomic E-state index is -0.826. The monoisotopic (exact) mass is 372 g/mol. The van der Waals surface area contributed by atoms with Gasteiger partial charge in [0.15, 0.2) is 5.13 Å². The van der Waals surface area contributed by atoms with Gasteiger partial charge in [0.2, 0.25) is 0 Å². The number of thiazole rings is 1. The van der Waals surface area contributed by atoms with Crippen LogP contribution in [0.1, 0.15) is 23.5 Å². The van der Waals surface area contributed by atoms with E-state index in [9.17, 15) is 14.0 Å². The van der Waals surface area contributed by atoms with Crippen molar-refractivity contribution in [1.82, 2.24) is 14.8 Å². The molecule has 6 nitrogen and oxygen atoms in total. The first-order valence-corrected chi connectivity index (χ1v) is 8.77. The van der Waals surface area contributed by atoms with Gasteiger partial charge in [-0.1, -0.05) is 0 Å². The number of aryl methyl sites for hydroxylation is 2. The molecule has 0 fully saturated rings. The minimum absolute atomic E-state index is 0.358. The zero-order chi connectivity index (χ0) is 18.8. The first kappa shape index (κ1) is 17.9. The zero-order valence-corrected chi connectivity index (χ0v) is 15.3. The van der Waals surface area contributed by atoms with Crippen molar-refractivity contribution in [3.05, 3.63) is 63.1 Å². The van der Waals surface area contributed by atoms with Crippen LogP contribution < -0.4 is 10.9 Å². The third-order valence-electron chi connectivity index (χ3n) is 3.97. The van der Waals surface area contributed by atoms with Gasteiger partial charge in [-0.25, -0.2) is 14.1 Å². The van der Waals surface area contributed by atoms with Crippen LogP contribution in [0.15, 0.2) is 41.2 Å². The van der Waals surface area contributed by atoms with E-state index in [0.717, 1.165) is 15.3 Å². The van der Waals surface area contributed by atoms with Crippen molar-refractivity contribution in [2.45, 2.75) is 26.8 Å². The van der Waals surface area contributed by atoms with Crippen molar-refractivity contribution >= 4 is 22.4 Å². The lowest BCUT2D eigenvalue weighted by Crippen LogP contribution is -2.33. The zero-order valence-electron chi connectivity index (χ0n) is 14.5. The van der Waals surface area contributed by atoms with Crippen LogP contribution in [0.2, 0.25) is 0 Å². The summed E-state index contributed by atoms with van der Waals surface area (Å²) in [5.74, 6) is -0.742. The number of anilines is 1. The summed E-state index contributed by atoms with van der Waals surface area (Å²) in [6, 6.07) is 7.83. The average molecular weight is 372 g/mol. The SMILES string of the molecule is Cc1nc(NC(=O)C(C)n2nc(-c3ccc(F)cc3)ccc2=O)sc1C. The van der Waals surface area contributed by atoms with Gasteiger partial charge in [0.25, 0.3) is 11.5 Å². The standard InChI is InChI=1S/C18H17FN4O2S/c1-10-12(3)26-18(20-10)21-17(25)11(2)23-16(24)9-8-15(22-23)13-4-6-14(19)7-5-13/h4-9,11H,1-3H3,(H,20,21,25). The fourth-order valence-corrected chi connectivity index (χ4v) is 3.14. The predicted octanol–water partition coefficient (Wildman–Crippen LogP) is 3.32. The Morgan fingerprint density at radius 1 is 1.19 bits per heavy atom. The molecule has 134 valence electrons. The first-order chi connectivity index (χ1) is 12.3. The largest absolute Gasteiger partial charge is 0.300 e. The number of nitrogens with zero attached hydrogens (tertiary/aromatic N) is 3. The Labute approximate surface area is 153 Å². The van der Waals surface area contributed by atoms with E-state index in [2.05, 4.69) is 15.4 Å². The number of benzene rings is 1. The molecule has 0 saturated carbocycles.